The first-order valence-corrected chi connectivity index (χ1v) is 9.16. The number of aryl methyl sites for hydroxylation is 1. The molecule has 2 N–H and O–H groups in total. The van der Waals surface area contributed by atoms with Crippen molar-refractivity contribution in [2.45, 2.75) is 45.4 Å². The van der Waals surface area contributed by atoms with Crippen molar-refractivity contribution in [1.29, 1.82) is 0 Å². The summed E-state index contributed by atoms with van der Waals surface area (Å²) in [6, 6.07) is 8.14. The number of carbonyl (C=O) groups excluding carboxylic acids is 1. The molecule has 0 spiro atoms. The van der Waals surface area contributed by atoms with E-state index >= 15 is 0 Å². The smallest absolute Gasteiger partial charge is 0.259 e. The monoisotopic (exact) mass is 349 g/mol. The highest BCUT2D eigenvalue weighted by Crippen LogP contribution is 2.40. The lowest BCUT2D eigenvalue weighted by Gasteiger charge is -2.12. The zero-order chi connectivity index (χ0) is 18.1. The number of para-hydroxylation sites is 1. The molecule has 0 radical (unpaired) electrons. The van der Waals surface area contributed by atoms with E-state index in [4.69, 9.17) is 0 Å². The number of aromatic amines is 1. The topological polar surface area (TPSA) is 75.6 Å². The first kappa shape index (κ1) is 16.6. The average molecular weight is 349 g/mol. The third-order valence-corrected chi connectivity index (χ3v) is 4.85. The number of benzene rings is 1. The van der Waals surface area contributed by atoms with E-state index in [1.165, 1.54) is 0 Å². The molecule has 2 heterocycles. The molecule has 1 aliphatic rings. The fraction of sp³-hybridized carbons (Fsp3) is 0.350. The molecule has 0 unspecified atom stereocenters. The summed E-state index contributed by atoms with van der Waals surface area (Å²) in [5.74, 6) is 0.324. The Morgan fingerprint density at radius 3 is 2.85 bits per heavy atom. The molecule has 1 amide bonds. The molecule has 0 saturated heterocycles. The number of amides is 1. The Hall–Kier alpha value is -2.89. The van der Waals surface area contributed by atoms with Gasteiger partial charge in [-0.2, -0.15) is 10.2 Å². The van der Waals surface area contributed by atoms with Crippen molar-refractivity contribution in [2.24, 2.45) is 0 Å². The summed E-state index contributed by atoms with van der Waals surface area (Å²) in [6.07, 6.45) is 7.41. The van der Waals surface area contributed by atoms with E-state index in [1.54, 1.807) is 12.4 Å². The molecule has 6 nitrogen and oxygen atoms in total. The lowest BCUT2D eigenvalue weighted by Crippen LogP contribution is -2.14. The molecule has 1 saturated carbocycles. The highest BCUT2D eigenvalue weighted by molar-refractivity contribution is 6.05. The van der Waals surface area contributed by atoms with Gasteiger partial charge in [-0.05, 0) is 37.8 Å². The predicted octanol–water partition coefficient (Wildman–Crippen LogP) is 3.99. The third-order valence-electron chi connectivity index (χ3n) is 4.85. The number of hydrogen-bond donors (Lipinski definition) is 2. The molecule has 1 aromatic carbocycles. The fourth-order valence-corrected chi connectivity index (χ4v) is 3.31. The van der Waals surface area contributed by atoms with Crippen LogP contribution in [0.4, 0.5) is 5.69 Å². The van der Waals surface area contributed by atoms with Crippen LogP contribution in [0.5, 0.6) is 0 Å². The van der Waals surface area contributed by atoms with E-state index < -0.39 is 0 Å². The van der Waals surface area contributed by atoms with Gasteiger partial charge < -0.3 is 5.32 Å². The van der Waals surface area contributed by atoms with Crippen LogP contribution in [0.25, 0.3) is 5.69 Å². The molecule has 26 heavy (non-hydrogen) atoms. The van der Waals surface area contributed by atoms with Crippen LogP contribution in [0.1, 0.15) is 59.4 Å². The molecule has 1 aliphatic carbocycles. The number of hydrogen-bond acceptors (Lipinski definition) is 3. The van der Waals surface area contributed by atoms with Crippen molar-refractivity contribution in [3.8, 4) is 5.69 Å². The Balaban J connectivity index is 1.65. The second-order valence-corrected chi connectivity index (χ2v) is 6.88. The van der Waals surface area contributed by atoms with Gasteiger partial charge in [-0.25, -0.2) is 4.68 Å². The van der Waals surface area contributed by atoms with Crippen LogP contribution >= 0.6 is 0 Å². The highest BCUT2D eigenvalue weighted by atomic mass is 16.1. The summed E-state index contributed by atoms with van der Waals surface area (Å²) in [6.45, 7) is 4.19. The van der Waals surface area contributed by atoms with Gasteiger partial charge in [0.25, 0.3) is 5.91 Å². The van der Waals surface area contributed by atoms with Gasteiger partial charge in [0, 0.05) is 5.92 Å². The van der Waals surface area contributed by atoms with E-state index in [2.05, 4.69) is 40.5 Å². The Morgan fingerprint density at radius 1 is 1.31 bits per heavy atom. The van der Waals surface area contributed by atoms with Crippen LogP contribution in [0.2, 0.25) is 0 Å². The minimum Gasteiger partial charge on any atom is -0.319 e. The van der Waals surface area contributed by atoms with Gasteiger partial charge in [0.05, 0.1) is 40.7 Å². The van der Waals surface area contributed by atoms with Crippen LogP contribution in [0.3, 0.4) is 0 Å². The maximum absolute atomic E-state index is 12.8. The summed E-state index contributed by atoms with van der Waals surface area (Å²) in [7, 11) is 0. The normalized spacial score (nSPS) is 13.8. The number of anilines is 1. The van der Waals surface area contributed by atoms with Gasteiger partial charge in [-0.15, -0.1) is 0 Å². The number of carbonyl (C=O) groups is 1. The standard InChI is InChI=1S/C20H23N5O/c1-3-6-18-16(12-22-25(18)17-8-5-4-7-13(17)2)23-20(26)15-11-21-24-19(15)14-9-10-14/h4-5,7-8,11-12,14H,3,6,9-10H2,1-2H3,(H,21,24)(H,23,26). The molecule has 0 aliphatic heterocycles. The fourth-order valence-electron chi connectivity index (χ4n) is 3.31. The summed E-state index contributed by atoms with van der Waals surface area (Å²) in [5, 5.41) is 14.6. The maximum Gasteiger partial charge on any atom is 0.259 e. The Bertz CT molecular complexity index is 935. The molecule has 134 valence electrons. The van der Waals surface area contributed by atoms with Crippen LogP contribution in [0.15, 0.2) is 36.7 Å². The van der Waals surface area contributed by atoms with E-state index in [1.807, 2.05) is 22.9 Å². The largest absolute Gasteiger partial charge is 0.319 e. The SMILES string of the molecule is CCCc1c(NC(=O)c2cn[nH]c2C2CC2)cnn1-c1ccccc1C. The molecule has 4 rings (SSSR count). The van der Waals surface area contributed by atoms with Crippen molar-refractivity contribution in [3.05, 3.63) is 59.2 Å². The van der Waals surface area contributed by atoms with Crippen LogP contribution in [-0.4, -0.2) is 25.9 Å². The Labute approximate surface area is 152 Å². The quantitative estimate of drug-likeness (QED) is 0.706. The predicted molar refractivity (Wildman–Crippen MR) is 101 cm³/mol. The van der Waals surface area contributed by atoms with Gasteiger partial charge in [0.15, 0.2) is 0 Å². The van der Waals surface area contributed by atoms with Gasteiger partial charge in [0.1, 0.15) is 0 Å². The van der Waals surface area contributed by atoms with Crippen LogP contribution in [-0.2, 0) is 6.42 Å². The first-order valence-electron chi connectivity index (χ1n) is 9.16. The molecule has 0 bridgehead atoms. The molecule has 1 fully saturated rings. The molecule has 2 aromatic heterocycles. The van der Waals surface area contributed by atoms with Gasteiger partial charge >= 0.3 is 0 Å². The van der Waals surface area contributed by atoms with Crippen molar-refractivity contribution in [1.82, 2.24) is 20.0 Å². The van der Waals surface area contributed by atoms with Crippen LogP contribution in [0, 0.1) is 6.92 Å². The molecule has 6 heteroatoms. The van der Waals surface area contributed by atoms with Gasteiger partial charge in [-0.1, -0.05) is 31.5 Å². The second-order valence-electron chi connectivity index (χ2n) is 6.88. The number of nitrogens with zero attached hydrogens (tertiary/aromatic N) is 3. The molecular weight excluding hydrogens is 326 g/mol. The summed E-state index contributed by atoms with van der Waals surface area (Å²) >= 11 is 0. The number of rotatable bonds is 6. The Morgan fingerprint density at radius 2 is 2.12 bits per heavy atom. The molecule has 0 atom stereocenters. The van der Waals surface area contributed by atoms with Crippen molar-refractivity contribution in [2.75, 3.05) is 5.32 Å². The lowest BCUT2D eigenvalue weighted by molar-refractivity contribution is 0.102. The van der Waals surface area contributed by atoms with Crippen molar-refractivity contribution >= 4 is 11.6 Å². The summed E-state index contributed by atoms with van der Waals surface area (Å²) in [4.78, 5) is 12.8. The van der Waals surface area contributed by atoms with Crippen LogP contribution < -0.4 is 5.32 Å². The lowest BCUT2D eigenvalue weighted by atomic mass is 10.1. The summed E-state index contributed by atoms with van der Waals surface area (Å²) < 4.78 is 1.94. The molecular formula is C20H23N5O. The van der Waals surface area contributed by atoms with Crippen molar-refractivity contribution in [3.63, 3.8) is 0 Å². The van der Waals surface area contributed by atoms with E-state index in [-0.39, 0.29) is 5.91 Å². The van der Waals surface area contributed by atoms with E-state index in [0.29, 0.717) is 11.5 Å². The van der Waals surface area contributed by atoms with E-state index in [9.17, 15) is 4.79 Å². The third kappa shape index (κ3) is 3.03. The number of H-pyrrole nitrogens is 1. The second kappa shape index (κ2) is 6.78. The zero-order valence-corrected chi connectivity index (χ0v) is 15.1. The highest BCUT2D eigenvalue weighted by Gasteiger charge is 2.30. The minimum absolute atomic E-state index is 0.123. The maximum atomic E-state index is 12.8. The molecule has 3 aromatic rings. The van der Waals surface area contributed by atoms with Crippen molar-refractivity contribution < 1.29 is 4.79 Å². The first-order chi connectivity index (χ1) is 12.7. The Kier molecular flexibility index (Phi) is 4.32. The summed E-state index contributed by atoms with van der Waals surface area (Å²) in [5.41, 5.74) is 5.56. The van der Waals surface area contributed by atoms with E-state index in [0.717, 1.165) is 54.0 Å². The zero-order valence-electron chi connectivity index (χ0n) is 15.1. The van der Waals surface area contributed by atoms with Gasteiger partial charge in [0.2, 0.25) is 0 Å². The number of aromatic nitrogens is 4. The minimum atomic E-state index is -0.123. The number of nitrogens with one attached hydrogen (secondary N) is 2. The average Bonchev–Trinajstić information content (AvgIpc) is 3.24. The van der Waals surface area contributed by atoms with Gasteiger partial charge in [-0.3, -0.25) is 9.89 Å².